The van der Waals surface area contributed by atoms with Crippen LogP contribution >= 0.6 is 0 Å². The first-order valence-corrected chi connectivity index (χ1v) is 21.6. The summed E-state index contributed by atoms with van der Waals surface area (Å²) in [5.41, 5.74) is 2.52. The zero-order valence-corrected chi connectivity index (χ0v) is 36.0. The Bertz CT molecular complexity index is 2470. The van der Waals surface area contributed by atoms with Crippen molar-refractivity contribution in [3.8, 4) is 23.0 Å². The third-order valence-electron chi connectivity index (χ3n) is 10.1. The van der Waals surface area contributed by atoms with Crippen molar-refractivity contribution in [1.82, 2.24) is 20.5 Å². The molecule has 3 amide bonds. The lowest BCUT2D eigenvalue weighted by Crippen LogP contribution is -2.51. The Hall–Kier alpha value is -6.10. The van der Waals surface area contributed by atoms with E-state index in [1.165, 1.54) is 14.2 Å². The number of ether oxygens (including phenoxy) is 3. The fourth-order valence-electron chi connectivity index (χ4n) is 7.13. The average Bonchev–Trinajstić information content (AvgIpc) is 3.42. The van der Waals surface area contributed by atoms with Crippen LogP contribution in [0.1, 0.15) is 57.0 Å². The van der Waals surface area contributed by atoms with Gasteiger partial charge in [0.2, 0.25) is 10.0 Å². The highest BCUT2D eigenvalue weighted by Crippen LogP contribution is 2.40. The van der Waals surface area contributed by atoms with Crippen molar-refractivity contribution in [1.29, 1.82) is 0 Å². The number of carbonyl (C=O) groups is 2. The zero-order chi connectivity index (χ0) is 43.2. The van der Waals surface area contributed by atoms with Gasteiger partial charge in [-0.3, -0.25) is 14.4 Å². The van der Waals surface area contributed by atoms with E-state index in [4.69, 9.17) is 14.2 Å². The van der Waals surface area contributed by atoms with Gasteiger partial charge in [-0.15, -0.1) is 0 Å². The maximum Gasteiger partial charge on any atom is 0.323 e. The highest BCUT2D eigenvalue weighted by atomic mass is 32.2. The van der Waals surface area contributed by atoms with Gasteiger partial charge in [-0.1, -0.05) is 45.0 Å². The molecule has 0 radical (unpaired) electrons. The summed E-state index contributed by atoms with van der Waals surface area (Å²) in [7, 11) is -0.704. The molecule has 0 aliphatic carbocycles. The summed E-state index contributed by atoms with van der Waals surface area (Å²) in [6.45, 7) is 12.8. The summed E-state index contributed by atoms with van der Waals surface area (Å²) in [6.07, 6.45) is 3.54. The van der Waals surface area contributed by atoms with E-state index in [0.29, 0.717) is 45.7 Å². The van der Waals surface area contributed by atoms with E-state index >= 15 is 0 Å². The Morgan fingerprint density at radius 2 is 1.63 bits per heavy atom. The second kappa shape index (κ2) is 18.4. The first kappa shape index (κ1) is 43.5. The number of hydrogen-bond acceptors (Lipinski definition) is 11. The first-order valence-electron chi connectivity index (χ1n) is 19.7. The average molecular weight is 839 g/mol. The molecule has 1 aliphatic rings. The number of anilines is 5. The quantitative estimate of drug-likeness (QED) is 0.0679. The Morgan fingerprint density at radius 1 is 0.900 bits per heavy atom. The van der Waals surface area contributed by atoms with Crippen LogP contribution < -0.4 is 45.5 Å². The van der Waals surface area contributed by atoms with E-state index in [9.17, 15) is 18.0 Å². The van der Waals surface area contributed by atoms with E-state index in [1.807, 2.05) is 52.0 Å². The van der Waals surface area contributed by atoms with E-state index in [1.54, 1.807) is 60.8 Å². The van der Waals surface area contributed by atoms with Crippen LogP contribution in [0.25, 0.3) is 10.8 Å². The summed E-state index contributed by atoms with van der Waals surface area (Å²) in [4.78, 5) is 33.7. The molecule has 2 unspecified atom stereocenters. The van der Waals surface area contributed by atoms with Gasteiger partial charge >= 0.3 is 6.03 Å². The fraction of sp³-hybridized carbons (Fsp3) is 0.341. The van der Waals surface area contributed by atoms with Gasteiger partial charge in [-0.2, -0.15) is 0 Å². The van der Waals surface area contributed by atoms with Crippen LogP contribution in [0.3, 0.4) is 0 Å². The molecule has 60 heavy (non-hydrogen) atoms. The molecular formula is C44H54N8O7S. The molecule has 2 atom stereocenters. The topological polar surface area (TPSA) is 184 Å². The van der Waals surface area contributed by atoms with Gasteiger partial charge in [0.25, 0.3) is 5.91 Å². The Labute approximate surface area is 351 Å². The molecule has 15 nitrogen and oxygen atoms in total. The van der Waals surface area contributed by atoms with Crippen LogP contribution in [0.4, 0.5) is 33.4 Å². The largest absolute Gasteiger partial charge is 0.496 e. The number of amides is 3. The number of urea groups is 1. The normalized spacial score (nSPS) is 15.3. The van der Waals surface area contributed by atoms with Crippen molar-refractivity contribution in [2.24, 2.45) is 0 Å². The number of methoxy groups -OCH3 is 2. The standard InChI is InChI=1S/C44H54N8O7S/c1-27-26-45-19-11-21-52(27)28(2)47-42(53)34-15-14-30(24-39(34)57-6)48-40-25-31(18-20-46-40)59-38-17-16-35(32-12-9-10-13-33(32)38)49-43(54)50-36-22-29(44(3,4)5)23-37(41(36)58-7)51-60(8,55)56/h9-10,12-18,20,22-25,27-28,45,51H,11,19,21,26H2,1-8H3,(H,46,48)(H,47,53)(H2,49,50,54). The molecule has 0 saturated carbocycles. The summed E-state index contributed by atoms with van der Waals surface area (Å²) in [6, 6.07) is 23.0. The number of sulfonamides is 1. The van der Waals surface area contributed by atoms with Crippen molar-refractivity contribution in [2.45, 2.75) is 58.7 Å². The highest BCUT2D eigenvalue weighted by Gasteiger charge is 2.25. The predicted octanol–water partition coefficient (Wildman–Crippen LogP) is 7.86. The van der Waals surface area contributed by atoms with Crippen molar-refractivity contribution in [3.63, 3.8) is 0 Å². The monoisotopic (exact) mass is 838 g/mol. The molecule has 4 aromatic carbocycles. The molecule has 6 N–H and O–H groups in total. The molecule has 16 heteroatoms. The maximum atomic E-state index is 13.5. The second-order valence-electron chi connectivity index (χ2n) is 15.8. The van der Waals surface area contributed by atoms with Crippen molar-refractivity contribution >= 4 is 61.3 Å². The van der Waals surface area contributed by atoms with Crippen molar-refractivity contribution in [3.05, 3.63) is 96.2 Å². The Morgan fingerprint density at radius 3 is 2.35 bits per heavy atom. The zero-order valence-electron chi connectivity index (χ0n) is 35.2. The van der Waals surface area contributed by atoms with Crippen LogP contribution in [0.2, 0.25) is 0 Å². The van der Waals surface area contributed by atoms with Crippen LogP contribution in [0.15, 0.2) is 85.1 Å². The lowest BCUT2D eigenvalue weighted by molar-refractivity contribution is 0.0820. The Balaban J connectivity index is 1.16. The van der Waals surface area contributed by atoms with E-state index < -0.39 is 16.1 Å². The fourth-order valence-corrected chi connectivity index (χ4v) is 7.68. The van der Waals surface area contributed by atoms with Crippen LogP contribution in [-0.2, 0) is 15.4 Å². The second-order valence-corrected chi connectivity index (χ2v) is 17.5. The van der Waals surface area contributed by atoms with Gasteiger partial charge in [0, 0.05) is 53.9 Å². The van der Waals surface area contributed by atoms with E-state index in [2.05, 4.69) is 48.1 Å². The molecule has 2 heterocycles. The molecule has 1 aliphatic heterocycles. The summed E-state index contributed by atoms with van der Waals surface area (Å²) in [5, 5.41) is 17.1. The van der Waals surface area contributed by atoms with Crippen molar-refractivity contribution in [2.75, 3.05) is 60.8 Å². The molecule has 1 saturated heterocycles. The smallest absolute Gasteiger partial charge is 0.323 e. The predicted molar refractivity (Wildman–Crippen MR) is 238 cm³/mol. The molecule has 1 aromatic heterocycles. The summed E-state index contributed by atoms with van der Waals surface area (Å²) >= 11 is 0. The third kappa shape index (κ3) is 10.7. The minimum Gasteiger partial charge on any atom is -0.496 e. The number of benzene rings is 4. The number of hydrogen-bond donors (Lipinski definition) is 6. The van der Waals surface area contributed by atoms with Gasteiger partial charge in [0.1, 0.15) is 23.1 Å². The van der Waals surface area contributed by atoms with Gasteiger partial charge in [0.05, 0.1) is 49.3 Å². The van der Waals surface area contributed by atoms with E-state index in [0.717, 1.165) is 48.6 Å². The van der Waals surface area contributed by atoms with Gasteiger partial charge in [-0.05, 0) is 80.3 Å². The maximum absolute atomic E-state index is 13.5. The number of nitrogens with one attached hydrogen (secondary N) is 6. The van der Waals surface area contributed by atoms with E-state index in [-0.39, 0.29) is 35.0 Å². The van der Waals surface area contributed by atoms with Crippen molar-refractivity contribution < 1.29 is 32.2 Å². The van der Waals surface area contributed by atoms with Gasteiger partial charge in [-0.25, -0.2) is 18.2 Å². The first-order chi connectivity index (χ1) is 28.5. The number of nitrogens with zero attached hydrogens (tertiary/aromatic N) is 2. The third-order valence-corrected chi connectivity index (χ3v) is 10.7. The van der Waals surface area contributed by atoms with Crippen LogP contribution in [0, 0.1) is 0 Å². The van der Waals surface area contributed by atoms with Crippen LogP contribution in [-0.4, -0.2) is 82.6 Å². The number of aromatic nitrogens is 1. The molecule has 6 rings (SSSR count). The summed E-state index contributed by atoms with van der Waals surface area (Å²) in [5.74, 6) is 1.93. The number of pyridine rings is 1. The minimum atomic E-state index is -3.64. The SMILES string of the molecule is COc1cc(Nc2cc(Oc3ccc(NC(=O)Nc4cc(C(C)(C)C)cc(NS(C)(=O)=O)c4OC)c4ccccc34)ccn2)ccc1C(=O)NC(C)N1CCCNCC1C. The molecule has 1 fully saturated rings. The number of rotatable bonds is 13. The lowest BCUT2D eigenvalue weighted by atomic mass is 9.86. The minimum absolute atomic E-state index is 0.152. The summed E-state index contributed by atoms with van der Waals surface area (Å²) < 4.78 is 44.5. The number of carbonyl (C=O) groups excluding carboxylic acids is 2. The lowest BCUT2D eigenvalue weighted by Gasteiger charge is -2.33. The molecule has 318 valence electrons. The highest BCUT2D eigenvalue weighted by molar-refractivity contribution is 7.92. The molecular weight excluding hydrogens is 785 g/mol. The van der Waals surface area contributed by atoms with Crippen LogP contribution in [0.5, 0.6) is 23.0 Å². The Kier molecular flexibility index (Phi) is 13.4. The van der Waals surface area contributed by atoms with Gasteiger partial charge in [0.15, 0.2) is 5.75 Å². The number of fused-ring (bicyclic) bond motifs is 1. The molecule has 0 spiro atoms. The molecule has 0 bridgehead atoms. The van der Waals surface area contributed by atoms with Gasteiger partial charge < -0.3 is 40.8 Å². The molecule has 5 aromatic rings.